The number of halogens is 2. The van der Waals surface area contributed by atoms with Crippen molar-refractivity contribution in [1.29, 1.82) is 0 Å². The molecule has 0 radical (unpaired) electrons. The fourth-order valence-corrected chi connectivity index (χ4v) is 6.48. The third kappa shape index (κ3) is 3.45. The van der Waals surface area contributed by atoms with Crippen molar-refractivity contribution in [1.82, 2.24) is 9.78 Å². The molecular formula is C22H20ClFN4O3S. The molecule has 1 saturated heterocycles. The number of benzene rings is 2. The van der Waals surface area contributed by atoms with Crippen LogP contribution in [-0.2, 0) is 9.84 Å². The van der Waals surface area contributed by atoms with Crippen molar-refractivity contribution in [3.63, 3.8) is 0 Å². The Hall–Kier alpha value is -2.91. The number of sulfone groups is 1. The number of hydrogen-bond donors (Lipinski definition) is 1. The predicted octanol–water partition coefficient (Wildman–Crippen LogP) is 4.11. The van der Waals surface area contributed by atoms with Crippen molar-refractivity contribution < 1.29 is 17.6 Å². The predicted molar refractivity (Wildman–Crippen MR) is 120 cm³/mol. The first-order chi connectivity index (χ1) is 15.2. The van der Waals surface area contributed by atoms with Crippen molar-refractivity contribution in [2.45, 2.75) is 25.6 Å². The summed E-state index contributed by atoms with van der Waals surface area (Å²) in [6, 6.07) is 12.4. The molecule has 5 rings (SSSR count). The molecule has 3 aromatic rings. The molecule has 10 heteroatoms. The number of fused-ring (bicyclic) bond motifs is 1. The van der Waals surface area contributed by atoms with Crippen LogP contribution >= 0.6 is 11.6 Å². The molecule has 1 N–H and O–H groups in total. The molecule has 2 atom stereocenters. The van der Waals surface area contributed by atoms with E-state index in [9.17, 15) is 17.6 Å². The van der Waals surface area contributed by atoms with Crippen LogP contribution in [0, 0.1) is 12.7 Å². The normalized spacial score (nSPS) is 22.0. The van der Waals surface area contributed by atoms with Crippen LogP contribution in [0.25, 0.3) is 0 Å². The van der Waals surface area contributed by atoms with Crippen LogP contribution < -0.4 is 10.2 Å². The van der Waals surface area contributed by atoms with E-state index in [0.29, 0.717) is 34.6 Å². The summed E-state index contributed by atoms with van der Waals surface area (Å²) in [5.74, 6) is -0.595. The zero-order chi connectivity index (χ0) is 22.6. The van der Waals surface area contributed by atoms with Crippen LogP contribution in [0.15, 0.2) is 48.5 Å². The molecule has 2 aliphatic rings. The minimum absolute atomic E-state index is 0.0190. The monoisotopic (exact) mass is 474 g/mol. The molecule has 2 aliphatic heterocycles. The third-order valence-corrected chi connectivity index (χ3v) is 8.06. The van der Waals surface area contributed by atoms with Gasteiger partial charge in [0, 0.05) is 11.4 Å². The summed E-state index contributed by atoms with van der Waals surface area (Å²) in [7, 11) is -3.13. The second-order valence-electron chi connectivity index (χ2n) is 8.04. The van der Waals surface area contributed by atoms with Crippen LogP contribution in [0.4, 0.5) is 15.8 Å². The van der Waals surface area contributed by atoms with Crippen LogP contribution in [0.5, 0.6) is 0 Å². The molecule has 3 heterocycles. The molecule has 0 spiro atoms. The average Bonchev–Trinajstić information content (AvgIpc) is 3.26. The van der Waals surface area contributed by atoms with Gasteiger partial charge < -0.3 is 5.32 Å². The maximum Gasteiger partial charge on any atom is 0.262 e. The summed E-state index contributed by atoms with van der Waals surface area (Å²) in [6.07, 6.45) is -0.272. The van der Waals surface area contributed by atoms with Gasteiger partial charge in [-0.3, -0.25) is 9.69 Å². The van der Waals surface area contributed by atoms with E-state index in [1.54, 1.807) is 29.8 Å². The van der Waals surface area contributed by atoms with Crippen molar-refractivity contribution in [2.75, 3.05) is 21.7 Å². The topological polar surface area (TPSA) is 84.3 Å². The highest BCUT2D eigenvalue weighted by atomic mass is 35.5. The number of amides is 1. The van der Waals surface area contributed by atoms with Gasteiger partial charge in [-0.05, 0) is 49.7 Å². The van der Waals surface area contributed by atoms with Gasteiger partial charge in [0.2, 0.25) is 0 Å². The van der Waals surface area contributed by atoms with E-state index in [1.807, 2.05) is 6.07 Å². The zero-order valence-corrected chi connectivity index (χ0v) is 18.7. The smallest absolute Gasteiger partial charge is 0.262 e. The van der Waals surface area contributed by atoms with E-state index < -0.39 is 21.8 Å². The Morgan fingerprint density at radius 3 is 2.56 bits per heavy atom. The lowest BCUT2D eigenvalue weighted by molar-refractivity contribution is 0.0975. The first-order valence-corrected chi connectivity index (χ1v) is 12.3. The van der Waals surface area contributed by atoms with Gasteiger partial charge in [-0.2, -0.15) is 5.10 Å². The highest BCUT2D eigenvalue weighted by Gasteiger charge is 2.39. The maximum absolute atomic E-state index is 13.6. The van der Waals surface area contributed by atoms with Crippen molar-refractivity contribution in [3.05, 3.63) is 76.3 Å². The molecule has 7 nitrogen and oxygen atoms in total. The summed E-state index contributed by atoms with van der Waals surface area (Å²) < 4.78 is 39.1. The summed E-state index contributed by atoms with van der Waals surface area (Å²) >= 11 is 6.76. The molecule has 2 aromatic carbocycles. The number of nitrogens with one attached hydrogen (secondary N) is 1. The molecule has 0 bridgehead atoms. The lowest BCUT2D eigenvalue weighted by atomic mass is 10.0. The Labute approximate surface area is 189 Å². The number of aromatic nitrogens is 2. The summed E-state index contributed by atoms with van der Waals surface area (Å²) in [5.41, 5.74) is 2.78. The fraction of sp³-hybridized carbons (Fsp3) is 0.273. The molecule has 0 unspecified atom stereocenters. The number of aryl methyl sites for hydroxylation is 1. The van der Waals surface area contributed by atoms with Crippen LogP contribution in [0.2, 0.25) is 5.15 Å². The van der Waals surface area contributed by atoms with Crippen molar-refractivity contribution in [2.24, 2.45) is 0 Å². The first kappa shape index (κ1) is 21.0. The Balaban J connectivity index is 1.64. The van der Waals surface area contributed by atoms with E-state index in [-0.39, 0.29) is 28.6 Å². The lowest BCUT2D eigenvalue weighted by Gasteiger charge is -2.38. The standard InChI is InChI=1S/C22H20ClFN4O3S/c1-13-19(20(23)28(26-13)16-10-11-32(30,31)12-16)21-25-18-5-3-2-4-17(18)22(29)27(21)15-8-6-14(24)7-9-15/h2-9,16,21,25H,10-12H2,1H3/t16-,21-/m1/s1. The highest BCUT2D eigenvalue weighted by Crippen LogP contribution is 2.41. The van der Waals surface area contributed by atoms with Crippen molar-refractivity contribution >= 4 is 38.7 Å². The number of hydrogen-bond acceptors (Lipinski definition) is 5. The molecule has 1 fully saturated rings. The first-order valence-electron chi connectivity index (χ1n) is 10.1. The summed E-state index contributed by atoms with van der Waals surface area (Å²) in [4.78, 5) is 15.0. The summed E-state index contributed by atoms with van der Waals surface area (Å²) in [6.45, 7) is 1.77. The largest absolute Gasteiger partial charge is 0.360 e. The second kappa shape index (κ2) is 7.60. The Kier molecular flexibility index (Phi) is 4.98. The van der Waals surface area contributed by atoms with Gasteiger partial charge in [0.15, 0.2) is 9.84 Å². The van der Waals surface area contributed by atoms with Gasteiger partial charge in [-0.15, -0.1) is 0 Å². The average molecular weight is 475 g/mol. The molecule has 1 amide bonds. The van der Waals surface area contributed by atoms with Gasteiger partial charge >= 0.3 is 0 Å². The van der Waals surface area contributed by atoms with E-state index in [1.165, 1.54) is 29.2 Å². The Morgan fingerprint density at radius 1 is 1.16 bits per heavy atom. The van der Waals surface area contributed by atoms with E-state index in [2.05, 4.69) is 10.4 Å². The third-order valence-electron chi connectivity index (χ3n) is 5.93. The van der Waals surface area contributed by atoms with Gasteiger partial charge in [0.25, 0.3) is 5.91 Å². The SMILES string of the molecule is Cc1nn([C@@H]2CCS(=O)(=O)C2)c(Cl)c1[C@@H]1Nc2ccccc2C(=O)N1c1ccc(F)cc1. The fourth-order valence-electron chi connectivity index (χ4n) is 4.38. The molecule has 32 heavy (non-hydrogen) atoms. The zero-order valence-electron chi connectivity index (χ0n) is 17.1. The van der Waals surface area contributed by atoms with Gasteiger partial charge in [0.1, 0.15) is 17.1 Å². The second-order valence-corrected chi connectivity index (χ2v) is 10.6. The highest BCUT2D eigenvalue weighted by molar-refractivity contribution is 7.91. The van der Waals surface area contributed by atoms with Gasteiger partial charge in [-0.25, -0.2) is 17.5 Å². The van der Waals surface area contributed by atoms with Crippen LogP contribution in [-0.4, -0.2) is 35.6 Å². The van der Waals surface area contributed by atoms with E-state index in [0.717, 1.165) is 0 Å². The maximum atomic E-state index is 13.6. The molecule has 166 valence electrons. The van der Waals surface area contributed by atoms with E-state index >= 15 is 0 Å². The number of para-hydroxylation sites is 1. The van der Waals surface area contributed by atoms with Gasteiger partial charge in [0.05, 0.1) is 34.4 Å². The number of carbonyl (C=O) groups is 1. The number of nitrogens with zero attached hydrogens (tertiary/aromatic N) is 3. The Bertz CT molecular complexity index is 1320. The van der Waals surface area contributed by atoms with Crippen molar-refractivity contribution in [3.8, 4) is 0 Å². The molecule has 1 aromatic heterocycles. The molecule has 0 aliphatic carbocycles. The van der Waals surface area contributed by atoms with Crippen LogP contribution in [0.3, 0.4) is 0 Å². The summed E-state index contributed by atoms with van der Waals surface area (Å²) in [5, 5.41) is 8.18. The quantitative estimate of drug-likeness (QED) is 0.617. The van der Waals surface area contributed by atoms with E-state index in [4.69, 9.17) is 11.6 Å². The molecular weight excluding hydrogens is 455 g/mol. The lowest BCUT2D eigenvalue weighted by Crippen LogP contribution is -2.43. The number of carbonyl (C=O) groups excluding carboxylic acids is 1. The molecule has 0 saturated carbocycles. The minimum Gasteiger partial charge on any atom is -0.360 e. The minimum atomic E-state index is -3.13. The Morgan fingerprint density at radius 2 is 1.88 bits per heavy atom. The number of rotatable bonds is 3. The number of anilines is 2. The van der Waals surface area contributed by atoms with Crippen LogP contribution in [0.1, 0.15) is 40.2 Å². The van der Waals surface area contributed by atoms with Gasteiger partial charge in [-0.1, -0.05) is 23.7 Å².